The molecule has 1 aromatic heterocycles. The number of nitrogens with zero attached hydrogens (tertiary/aromatic N) is 3. The molecule has 1 fully saturated rings. The number of hydrogen-bond donors (Lipinski definition) is 1. The molecule has 1 atom stereocenters. The van der Waals surface area contributed by atoms with Crippen LogP contribution in [0.2, 0.25) is 0 Å². The number of halogens is 1. The van der Waals surface area contributed by atoms with Crippen molar-refractivity contribution in [2.24, 2.45) is 0 Å². The third-order valence-electron chi connectivity index (χ3n) is 3.76. The van der Waals surface area contributed by atoms with Crippen molar-refractivity contribution >= 4 is 15.9 Å². The van der Waals surface area contributed by atoms with Gasteiger partial charge in [-0.25, -0.2) is 0 Å². The first-order chi connectivity index (χ1) is 8.71. The van der Waals surface area contributed by atoms with Crippen LogP contribution in [-0.4, -0.2) is 39.0 Å². The Morgan fingerprint density at radius 2 is 2.22 bits per heavy atom. The Bertz CT molecular complexity index is 405. The van der Waals surface area contributed by atoms with E-state index in [1.54, 1.807) is 0 Å². The van der Waals surface area contributed by atoms with Crippen LogP contribution in [0, 0.1) is 0 Å². The summed E-state index contributed by atoms with van der Waals surface area (Å²) in [6.45, 7) is 7.36. The summed E-state index contributed by atoms with van der Waals surface area (Å²) < 4.78 is 3.23. The first-order valence-corrected chi connectivity index (χ1v) is 7.59. The molecule has 0 spiro atoms. The molecule has 18 heavy (non-hydrogen) atoms. The van der Waals surface area contributed by atoms with Gasteiger partial charge in [-0.2, -0.15) is 5.10 Å². The number of aromatic nitrogens is 2. The van der Waals surface area contributed by atoms with Gasteiger partial charge in [-0.1, -0.05) is 6.92 Å². The molecule has 1 aromatic rings. The number of aliphatic hydroxyl groups excluding tert-OH is 1. The topological polar surface area (TPSA) is 41.3 Å². The molecule has 0 aromatic carbocycles. The number of aryl methyl sites for hydroxylation is 2. The molecule has 1 N–H and O–H groups in total. The van der Waals surface area contributed by atoms with E-state index in [4.69, 9.17) is 0 Å². The van der Waals surface area contributed by atoms with E-state index < -0.39 is 0 Å². The first-order valence-electron chi connectivity index (χ1n) is 6.80. The fourth-order valence-electron chi connectivity index (χ4n) is 2.67. The standard InChI is InChI=1S/C13H22BrN3O/c1-3-11-13(14)12(17(4-2)15-11)8-16-7-5-6-10(16)9-18/h10,18H,3-9H2,1-2H3/t10-/m0/s1. The molecule has 1 saturated heterocycles. The average Bonchev–Trinajstić information content (AvgIpc) is 2.95. The second-order valence-corrected chi connectivity index (χ2v) is 5.62. The van der Waals surface area contributed by atoms with Crippen LogP contribution in [0.1, 0.15) is 38.1 Å². The molecule has 0 unspecified atom stereocenters. The van der Waals surface area contributed by atoms with Crippen LogP contribution < -0.4 is 0 Å². The summed E-state index contributed by atoms with van der Waals surface area (Å²) in [6.07, 6.45) is 3.24. The Balaban J connectivity index is 2.19. The summed E-state index contributed by atoms with van der Waals surface area (Å²) in [5.41, 5.74) is 2.38. The maximum absolute atomic E-state index is 9.39. The third-order valence-corrected chi connectivity index (χ3v) is 4.67. The highest BCUT2D eigenvalue weighted by Gasteiger charge is 2.26. The van der Waals surface area contributed by atoms with Crippen molar-refractivity contribution < 1.29 is 5.11 Å². The molecular formula is C13H22BrN3O. The normalized spacial score (nSPS) is 20.8. The summed E-state index contributed by atoms with van der Waals surface area (Å²) in [5, 5.41) is 14.0. The van der Waals surface area contributed by atoms with E-state index in [0.29, 0.717) is 6.04 Å². The molecule has 1 aliphatic rings. The van der Waals surface area contributed by atoms with Crippen LogP contribution in [0.15, 0.2) is 4.47 Å². The van der Waals surface area contributed by atoms with Gasteiger partial charge in [0.15, 0.2) is 0 Å². The van der Waals surface area contributed by atoms with Crippen molar-refractivity contribution in [1.82, 2.24) is 14.7 Å². The Hall–Kier alpha value is -0.390. The van der Waals surface area contributed by atoms with E-state index in [2.05, 4.69) is 44.5 Å². The van der Waals surface area contributed by atoms with Crippen LogP contribution in [0.4, 0.5) is 0 Å². The zero-order valence-corrected chi connectivity index (χ0v) is 12.8. The molecule has 0 aliphatic carbocycles. The average molecular weight is 316 g/mol. The van der Waals surface area contributed by atoms with Crippen molar-refractivity contribution in [3.63, 3.8) is 0 Å². The molecule has 2 rings (SSSR count). The van der Waals surface area contributed by atoms with Gasteiger partial charge in [0.25, 0.3) is 0 Å². The predicted octanol–water partition coefficient (Wildman–Crippen LogP) is 2.18. The Kier molecular flexibility index (Phi) is 4.81. The Morgan fingerprint density at radius 3 is 2.83 bits per heavy atom. The quantitative estimate of drug-likeness (QED) is 0.905. The molecule has 1 aliphatic heterocycles. The monoisotopic (exact) mass is 315 g/mol. The minimum atomic E-state index is 0.262. The Labute approximate surface area is 117 Å². The van der Waals surface area contributed by atoms with E-state index in [1.165, 1.54) is 12.1 Å². The van der Waals surface area contributed by atoms with Crippen LogP contribution in [-0.2, 0) is 19.5 Å². The van der Waals surface area contributed by atoms with E-state index in [0.717, 1.165) is 42.6 Å². The smallest absolute Gasteiger partial charge is 0.0767 e. The fraction of sp³-hybridized carbons (Fsp3) is 0.769. The second kappa shape index (κ2) is 6.17. The van der Waals surface area contributed by atoms with Crippen molar-refractivity contribution in [1.29, 1.82) is 0 Å². The summed E-state index contributed by atoms with van der Waals surface area (Å²) in [4.78, 5) is 2.37. The number of rotatable bonds is 5. The number of likely N-dealkylation sites (tertiary alicyclic amines) is 1. The number of hydrogen-bond acceptors (Lipinski definition) is 3. The number of aliphatic hydroxyl groups is 1. The van der Waals surface area contributed by atoms with Crippen LogP contribution >= 0.6 is 15.9 Å². The van der Waals surface area contributed by atoms with E-state index >= 15 is 0 Å². The SMILES string of the molecule is CCc1nn(CC)c(CN2CCC[C@H]2CO)c1Br. The lowest BCUT2D eigenvalue weighted by Crippen LogP contribution is -2.32. The molecular weight excluding hydrogens is 294 g/mol. The molecule has 0 saturated carbocycles. The van der Waals surface area contributed by atoms with Gasteiger partial charge in [0.2, 0.25) is 0 Å². The van der Waals surface area contributed by atoms with Gasteiger partial charge in [0, 0.05) is 19.1 Å². The zero-order valence-electron chi connectivity index (χ0n) is 11.2. The fourth-order valence-corrected chi connectivity index (χ4v) is 3.36. The molecule has 102 valence electrons. The maximum Gasteiger partial charge on any atom is 0.0767 e. The lowest BCUT2D eigenvalue weighted by molar-refractivity contribution is 0.150. The van der Waals surface area contributed by atoms with Crippen LogP contribution in [0.3, 0.4) is 0 Å². The highest BCUT2D eigenvalue weighted by molar-refractivity contribution is 9.10. The predicted molar refractivity (Wildman–Crippen MR) is 75.5 cm³/mol. The minimum absolute atomic E-state index is 0.262. The van der Waals surface area contributed by atoms with Gasteiger partial charge < -0.3 is 5.11 Å². The molecule has 2 heterocycles. The third kappa shape index (κ3) is 2.63. The van der Waals surface area contributed by atoms with E-state index in [9.17, 15) is 5.11 Å². The van der Waals surface area contributed by atoms with Crippen molar-refractivity contribution in [2.45, 2.75) is 52.2 Å². The van der Waals surface area contributed by atoms with Crippen molar-refractivity contribution in [3.8, 4) is 0 Å². The van der Waals surface area contributed by atoms with Crippen LogP contribution in [0.25, 0.3) is 0 Å². The van der Waals surface area contributed by atoms with Gasteiger partial charge in [0.1, 0.15) is 0 Å². The highest BCUT2D eigenvalue weighted by atomic mass is 79.9. The van der Waals surface area contributed by atoms with Gasteiger partial charge in [-0.05, 0) is 48.7 Å². The zero-order chi connectivity index (χ0) is 13.1. The molecule has 0 radical (unpaired) electrons. The minimum Gasteiger partial charge on any atom is -0.395 e. The summed E-state index contributed by atoms with van der Waals surface area (Å²) in [7, 11) is 0. The lowest BCUT2D eigenvalue weighted by atomic mass is 10.2. The van der Waals surface area contributed by atoms with Gasteiger partial charge in [-0.3, -0.25) is 9.58 Å². The maximum atomic E-state index is 9.39. The van der Waals surface area contributed by atoms with Crippen LogP contribution in [0.5, 0.6) is 0 Å². The van der Waals surface area contributed by atoms with Gasteiger partial charge in [0.05, 0.1) is 22.5 Å². The first kappa shape index (κ1) is 14.0. The van der Waals surface area contributed by atoms with E-state index in [1.807, 2.05) is 0 Å². The summed E-state index contributed by atoms with van der Waals surface area (Å²) >= 11 is 3.68. The largest absolute Gasteiger partial charge is 0.395 e. The van der Waals surface area contributed by atoms with E-state index in [-0.39, 0.29) is 6.61 Å². The molecule has 0 bridgehead atoms. The molecule has 4 nitrogen and oxygen atoms in total. The highest BCUT2D eigenvalue weighted by Crippen LogP contribution is 2.26. The Morgan fingerprint density at radius 1 is 1.44 bits per heavy atom. The van der Waals surface area contributed by atoms with Gasteiger partial charge in [-0.15, -0.1) is 0 Å². The molecule has 5 heteroatoms. The van der Waals surface area contributed by atoms with Gasteiger partial charge >= 0.3 is 0 Å². The lowest BCUT2D eigenvalue weighted by Gasteiger charge is -2.23. The summed E-state index contributed by atoms with van der Waals surface area (Å²) in [6, 6.07) is 0.321. The second-order valence-electron chi connectivity index (χ2n) is 4.83. The summed E-state index contributed by atoms with van der Waals surface area (Å²) in [5.74, 6) is 0. The van der Waals surface area contributed by atoms with Crippen molar-refractivity contribution in [3.05, 3.63) is 15.9 Å². The van der Waals surface area contributed by atoms with Crippen molar-refractivity contribution in [2.75, 3.05) is 13.2 Å². The molecule has 0 amide bonds.